The molecule has 5 nitrogen and oxygen atoms in total. The summed E-state index contributed by atoms with van der Waals surface area (Å²) in [6, 6.07) is 7.24. The van der Waals surface area contributed by atoms with Gasteiger partial charge in [0.15, 0.2) is 0 Å². The van der Waals surface area contributed by atoms with E-state index >= 15 is 0 Å². The normalized spacial score (nSPS) is 11.1. The minimum absolute atomic E-state index is 0.0142. The van der Waals surface area contributed by atoms with Crippen LogP contribution in [0.2, 0.25) is 0 Å². The second kappa shape index (κ2) is 7.22. The molecule has 1 rings (SSSR count). The number of rotatable bonds is 6. The summed E-state index contributed by atoms with van der Waals surface area (Å²) in [4.78, 5) is 24.9. The number of likely N-dealkylation sites (N-methyl/N-ethyl adjacent to an activating group) is 1. The van der Waals surface area contributed by atoms with E-state index in [2.05, 4.69) is 5.32 Å². The molecule has 0 bridgehead atoms. The third-order valence-corrected chi connectivity index (χ3v) is 3.11. The minimum Gasteiger partial charge on any atom is -0.390 e. The maximum atomic E-state index is 12.0. The molecule has 0 aromatic heterocycles. The Bertz CT molecular complexity index is 504. The number of carbonyl (C=O) groups is 2. The van der Waals surface area contributed by atoms with Crippen LogP contribution < -0.4 is 5.32 Å². The highest BCUT2D eigenvalue weighted by atomic mass is 16.3. The molecule has 2 N–H and O–H groups in total. The molecule has 0 fully saturated rings. The highest BCUT2D eigenvalue weighted by molar-refractivity contribution is 5.96. The van der Waals surface area contributed by atoms with Gasteiger partial charge in [0.1, 0.15) is 0 Å². The molecular weight excluding hydrogens is 268 g/mol. The van der Waals surface area contributed by atoms with Crippen LogP contribution in [0.15, 0.2) is 24.3 Å². The van der Waals surface area contributed by atoms with Crippen LogP contribution in [0.25, 0.3) is 0 Å². The van der Waals surface area contributed by atoms with Crippen molar-refractivity contribution >= 4 is 11.8 Å². The number of benzene rings is 1. The summed E-state index contributed by atoms with van der Waals surface area (Å²) in [5.41, 5.74) is 0.787. The molecule has 2 amide bonds. The summed E-state index contributed by atoms with van der Waals surface area (Å²) in [5, 5.41) is 12.3. The number of carbonyl (C=O) groups excluding carboxylic acids is 2. The summed E-state index contributed by atoms with van der Waals surface area (Å²) >= 11 is 0. The van der Waals surface area contributed by atoms with Crippen molar-refractivity contribution in [2.24, 2.45) is 0 Å². The molecule has 0 saturated carbocycles. The average molecular weight is 292 g/mol. The number of aliphatic hydroxyl groups is 1. The van der Waals surface area contributed by atoms with Crippen molar-refractivity contribution in [2.45, 2.75) is 32.3 Å². The lowest BCUT2D eigenvalue weighted by Gasteiger charge is -2.16. The predicted octanol–water partition coefficient (Wildman–Crippen LogP) is 1.21. The third kappa shape index (κ3) is 6.40. The number of hydrogen-bond donors (Lipinski definition) is 2. The van der Waals surface area contributed by atoms with Gasteiger partial charge in [-0.05, 0) is 44.4 Å². The van der Waals surface area contributed by atoms with Crippen molar-refractivity contribution in [3.63, 3.8) is 0 Å². The molecule has 0 atom stereocenters. The maximum absolute atomic E-state index is 12.0. The molecule has 116 valence electrons. The van der Waals surface area contributed by atoms with E-state index in [0.29, 0.717) is 18.4 Å². The van der Waals surface area contributed by atoms with Crippen LogP contribution in [0, 0.1) is 0 Å². The van der Waals surface area contributed by atoms with E-state index in [4.69, 9.17) is 0 Å². The zero-order valence-corrected chi connectivity index (χ0v) is 13.1. The second-order valence-electron chi connectivity index (χ2n) is 5.98. The van der Waals surface area contributed by atoms with Gasteiger partial charge in [-0.2, -0.15) is 0 Å². The van der Waals surface area contributed by atoms with Crippen LogP contribution in [0.1, 0.15) is 36.2 Å². The zero-order valence-electron chi connectivity index (χ0n) is 13.1. The van der Waals surface area contributed by atoms with Gasteiger partial charge in [0, 0.05) is 19.7 Å². The Morgan fingerprint density at radius 2 is 1.95 bits per heavy atom. The van der Waals surface area contributed by atoms with Gasteiger partial charge in [-0.1, -0.05) is 12.1 Å². The first kappa shape index (κ1) is 17.2. The summed E-state index contributed by atoms with van der Waals surface area (Å²) in [5.74, 6) is -0.420. The first-order valence-corrected chi connectivity index (χ1v) is 6.99. The SMILES string of the molecule is CN(C)C(=O)CNC(=O)c1cccc(CCC(C)(C)O)c1. The van der Waals surface area contributed by atoms with Crippen molar-refractivity contribution in [3.8, 4) is 0 Å². The largest absolute Gasteiger partial charge is 0.390 e. The molecule has 5 heteroatoms. The first-order chi connectivity index (χ1) is 9.69. The summed E-state index contributed by atoms with van der Waals surface area (Å²) in [6.45, 7) is 3.51. The van der Waals surface area contributed by atoms with Crippen LogP contribution in [-0.2, 0) is 11.2 Å². The molecule has 1 aromatic rings. The smallest absolute Gasteiger partial charge is 0.251 e. The maximum Gasteiger partial charge on any atom is 0.251 e. The van der Waals surface area contributed by atoms with Gasteiger partial charge in [-0.3, -0.25) is 9.59 Å². The molecule has 0 heterocycles. The fourth-order valence-corrected chi connectivity index (χ4v) is 1.73. The van der Waals surface area contributed by atoms with Crippen molar-refractivity contribution in [1.29, 1.82) is 0 Å². The Hall–Kier alpha value is -1.88. The van der Waals surface area contributed by atoms with Crippen molar-refractivity contribution in [1.82, 2.24) is 10.2 Å². The van der Waals surface area contributed by atoms with Crippen molar-refractivity contribution in [3.05, 3.63) is 35.4 Å². The molecule has 0 spiro atoms. The fourth-order valence-electron chi connectivity index (χ4n) is 1.73. The van der Waals surface area contributed by atoms with Gasteiger partial charge in [-0.15, -0.1) is 0 Å². The van der Waals surface area contributed by atoms with E-state index in [9.17, 15) is 14.7 Å². The van der Waals surface area contributed by atoms with Gasteiger partial charge in [0.2, 0.25) is 5.91 Å². The summed E-state index contributed by atoms with van der Waals surface area (Å²) in [6.07, 6.45) is 1.32. The molecular formula is C16H24N2O3. The molecule has 0 aliphatic carbocycles. The van der Waals surface area contributed by atoms with Crippen LogP contribution in [0.3, 0.4) is 0 Å². The standard InChI is InChI=1S/C16H24N2O3/c1-16(2,21)9-8-12-6-5-7-13(10-12)15(20)17-11-14(19)18(3)4/h5-7,10,21H,8-9,11H2,1-4H3,(H,17,20). The van der Waals surface area contributed by atoms with E-state index in [1.54, 1.807) is 40.1 Å². The Morgan fingerprint density at radius 3 is 2.52 bits per heavy atom. The summed E-state index contributed by atoms with van der Waals surface area (Å²) < 4.78 is 0. The Morgan fingerprint density at radius 1 is 1.29 bits per heavy atom. The third-order valence-electron chi connectivity index (χ3n) is 3.11. The lowest BCUT2D eigenvalue weighted by molar-refractivity contribution is -0.127. The van der Waals surface area contributed by atoms with E-state index in [1.807, 2.05) is 12.1 Å². The fraction of sp³-hybridized carbons (Fsp3) is 0.500. The number of nitrogens with zero attached hydrogens (tertiary/aromatic N) is 1. The molecule has 0 saturated heterocycles. The number of amides is 2. The van der Waals surface area contributed by atoms with E-state index in [1.165, 1.54) is 4.90 Å². The predicted molar refractivity (Wildman–Crippen MR) is 82.1 cm³/mol. The van der Waals surface area contributed by atoms with E-state index < -0.39 is 5.60 Å². The van der Waals surface area contributed by atoms with Gasteiger partial charge >= 0.3 is 0 Å². The lowest BCUT2D eigenvalue weighted by atomic mass is 9.98. The van der Waals surface area contributed by atoms with Crippen molar-refractivity contribution < 1.29 is 14.7 Å². The van der Waals surface area contributed by atoms with Crippen LogP contribution >= 0.6 is 0 Å². The Kier molecular flexibility index (Phi) is 5.90. The first-order valence-electron chi connectivity index (χ1n) is 6.99. The van der Waals surface area contributed by atoms with Gasteiger partial charge in [-0.25, -0.2) is 0 Å². The van der Waals surface area contributed by atoms with Crippen LogP contribution in [0.5, 0.6) is 0 Å². The quantitative estimate of drug-likeness (QED) is 0.828. The van der Waals surface area contributed by atoms with Crippen LogP contribution in [0.4, 0.5) is 0 Å². The zero-order chi connectivity index (χ0) is 16.0. The Labute approximate surface area is 126 Å². The number of hydrogen-bond acceptors (Lipinski definition) is 3. The topological polar surface area (TPSA) is 69.6 Å². The monoisotopic (exact) mass is 292 g/mol. The minimum atomic E-state index is -0.726. The molecule has 0 radical (unpaired) electrons. The van der Waals surface area contributed by atoms with Crippen molar-refractivity contribution in [2.75, 3.05) is 20.6 Å². The average Bonchev–Trinajstić information content (AvgIpc) is 2.41. The van der Waals surface area contributed by atoms with Gasteiger partial charge in [0.05, 0.1) is 12.1 Å². The molecule has 0 unspecified atom stereocenters. The van der Waals surface area contributed by atoms with Crippen LogP contribution in [-0.4, -0.2) is 48.1 Å². The van der Waals surface area contributed by atoms with Gasteiger partial charge < -0.3 is 15.3 Å². The Balaban J connectivity index is 2.63. The van der Waals surface area contributed by atoms with E-state index in [-0.39, 0.29) is 18.4 Å². The number of aryl methyl sites for hydroxylation is 1. The highest BCUT2D eigenvalue weighted by Crippen LogP contribution is 2.14. The molecule has 0 aliphatic rings. The molecule has 1 aromatic carbocycles. The highest BCUT2D eigenvalue weighted by Gasteiger charge is 2.13. The van der Waals surface area contributed by atoms with E-state index in [0.717, 1.165) is 5.56 Å². The summed E-state index contributed by atoms with van der Waals surface area (Å²) in [7, 11) is 3.29. The second-order valence-corrected chi connectivity index (χ2v) is 5.98. The van der Waals surface area contributed by atoms with Gasteiger partial charge in [0.25, 0.3) is 5.91 Å². The molecule has 21 heavy (non-hydrogen) atoms. The number of nitrogens with one attached hydrogen (secondary N) is 1. The molecule has 0 aliphatic heterocycles. The lowest BCUT2D eigenvalue weighted by Crippen LogP contribution is -2.36.